The molecule has 30 heavy (non-hydrogen) atoms. The van der Waals surface area contributed by atoms with Crippen molar-refractivity contribution in [3.8, 4) is 11.5 Å². The minimum Gasteiger partial charge on any atom is -0.454 e. The third-order valence-corrected chi connectivity index (χ3v) is 6.26. The second-order valence-electron chi connectivity index (χ2n) is 7.94. The summed E-state index contributed by atoms with van der Waals surface area (Å²) in [6.07, 6.45) is 6.86. The van der Waals surface area contributed by atoms with Crippen molar-refractivity contribution in [1.82, 2.24) is 10.3 Å². The lowest BCUT2D eigenvalue weighted by Gasteiger charge is -2.23. The maximum atomic E-state index is 13.4. The minimum atomic E-state index is -0.769. The van der Waals surface area contributed by atoms with Gasteiger partial charge in [0.05, 0.1) is 24.5 Å². The molecule has 1 N–H and O–H groups in total. The topological polar surface area (TPSA) is 90.0 Å². The van der Waals surface area contributed by atoms with Crippen LogP contribution in [-0.4, -0.2) is 41.8 Å². The van der Waals surface area contributed by atoms with Crippen LogP contribution in [-0.2, 0) is 20.9 Å². The Hall–Kier alpha value is -3.39. The van der Waals surface area contributed by atoms with Crippen molar-refractivity contribution in [1.29, 1.82) is 0 Å². The fraction of sp³-hybridized carbons (Fsp3) is 0.318. The van der Waals surface area contributed by atoms with Crippen LogP contribution in [0.25, 0.3) is 0 Å². The van der Waals surface area contributed by atoms with Gasteiger partial charge in [-0.1, -0.05) is 18.2 Å². The van der Waals surface area contributed by atoms with E-state index in [9.17, 15) is 9.59 Å². The van der Waals surface area contributed by atoms with Crippen LogP contribution in [0.3, 0.4) is 0 Å². The van der Waals surface area contributed by atoms with Gasteiger partial charge >= 0.3 is 0 Å². The Kier molecular flexibility index (Phi) is 3.67. The lowest BCUT2D eigenvalue weighted by Crippen LogP contribution is -2.44. The summed E-state index contributed by atoms with van der Waals surface area (Å²) >= 11 is 0. The summed E-state index contributed by atoms with van der Waals surface area (Å²) in [7, 11) is 0. The third kappa shape index (κ3) is 2.46. The van der Waals surface area contributed by atoms with Crippen molar-refractivity contribution in [3.05, 3.63) is 60.4 Å². The number of anilines is 1. The van der Waals surface area contributed by atoms with Crippen LogP contribution in [0, 0.1) is 11.8 Å². The van der Waals surface area contributed by atoms with Crippen LogP contribution in [0.15, 0.2) is 54.9 Å². The van der Waals surface area contributed by atoms with Crippen molar-refractivity contribution in [3.63, 3.8) is 0 Å². The highest BCUT2D eigenvalue weighted by molar-refractivity contribution is 6.03. The summed E-state index contributed by atoms with van der Waals surface area (Å²) in [5.41, 5.74) is 0.844. The number of carbonyl (C=O) groups excluding carboxylic acids is 2. The smallest absolute Gasteiger partial charge is 0.234 e. The first-order valence-electron chi connectivity index (χ1n) is 9.89. The zero-order chi connectivity index (χ0) is 20.3. The van der Waals surface area contributed by atoms with Crippen LogP contribution in [0.2, 0.25) is 0 Å². The SMILES string of the molecule is O=C(NCc1cccnc1)[C@H]1[C@H]2C=C[C@]3(CN(c4ccc5c(c4)OCO5)C(=O)[C@@H]13)O2. The predicted octanol–water partition coefficient (Wildman–Crippen LogP) is 1.41. The molecule has 2 saturated heterocycles. The van der Waals surface area contributed by atoms with Gasteiger partial charge in [0.25, 0.3) is 0 Å². The maximum absolute atomic E-state index is 13.4. The average molecular weight is 405 g/mol. The van der Waals surface area contributed by atoms with Gasteiger partial charge in [0.15, 0.2) is 11.5 Å². The van der Waals surface area contributed by atoms with E-state index in [-0.39, 0.29) is 24.7 Å². The fourth-order valence-corrected chi connectivity index (χ4v) is 4.88. The Balaban J connectivity index is 1.25. The number of ether oxygens (including phenoxy) is 3. The molecule has 8 nitrogen and oxygen atoms in total. The molecule has 5 heterocycles. The number of carbonyl (C=O) groups is 2. The lowest BCUT2D eigenvalue weighted by molar-refractivity contribution is -0.132. The Morgan fingerprint density at radius 2 is 2.17 bits per heavy atom. The number of nitrogens with one attached hydrogen (secondary N) is 1. The number of fused-ring (bicyclic) bond motifs is 2. The highest BCUT2D eigenvalue weighted by Gasteiger charge is 2.67. The van der Waals surface area contributed by atoms with Gasteiger partial charge in [0.1, 0.15) is 5.60 Å². The highest BCUT2D eigenvalue weighted by atomic mass is 16.7. The average Bonchev–Trinajstić information content (AvgIpc) is 3.53. The number of nitrogens with zero attached hydrogens (tertiary/aromatic N) is 2. The molecule has 0 saturated carbocycles. The van der Waals surface area contributed by atoms with Crippen LogP contribution < -0.4 is 19.7 Å². The van der Waals surface area contributed by atoms with E-state index in [1.54, 1.807) is 29.4 Å². The van der Waals surface area contributed by atoms with E-state index in [0.29, 0.717) is 30.3 Å². The summed E-state index contributed by atoms with van der Waals surface area (Å²) in [5.74, 6) is -0.122. The van der Waals surface area contributed by atoms with Gasteiger partial charge < -0.3 is 24.4 Å². The quantitative estimate of drug-likeness (QED) is 0.774. The maximum Gasteiger partial charge on any atom is 0.234 e. The lowest BCUT2D eigenvalue weighted by atomic mass is 9.77. The normalized spacial score (nSPS) is 30.1. The zero-order valence-electron chi connectivity index (χ0n) is 16.0. The van der Waals surface area contributed by atoms with Gasteiger partial charge in [-0.25, -0.2) is 0 Å². The second-order valence-corrected chi connectivity index (χ2v) is 7.94. The molecule has 6 rings (SSSR count). The Morgan fingerprint density at radius 1 is 1.27 bits per heavy atom. The molecule has 4 aliphatic rings. The molecular weight excluding hydrogens is 386 g/mol. The number of benzene rings is 1. The second kappa shape index (κ2) is 6.30. The van der Waals surface area contributed by atoms with Gasteiger partial charge in [-0.05, 0) is 23.8 Å². The number of hydrogen-bond donors (Lipinski definition) is 1. The molecule has 2 aromatic rings. The van der Waals surface area contributed by atoms with Gasteiger partial charge in [-0.3, -0.25) is 14.6 Å². The number of hydrogen-bond acceptors (Lipinski definition) is 6. The molecule has 4 atom stereocenters. The van der Waals surface area contributed by atoms with E-state index in [1.807, 2.05) is 30.4 Å². The van der Waals surface area contributed by atoms with E-state index in [2.05, 4.69) is 10.3 Å². The molecule has 0 unspecified atom stereocenters. The van der Waals surface area contributed by atoms with Gasteiger partial charge in [-0.2, -0.15) is 0 Å². The highest BCUT2D eigenvalue weighted by Crippen LogP contribution is 2.53. The number of aromatic nitrogens is 1. The van der Waals surface area contributed by atoms with E-state index in [0.717, 1.165) is 5.56 Å². The molecule has 1 spiro atoms. The molecule has 4 aliphatic heterocycles. The van der Waals surface area contributed by atoms with Crippen molar-refractivity contribution < 1.29 is 23.8 Å². The Labute approximate surface area is 172 Å². The summed E-state index contributed by atoms with van der Waals surface area (Å²) in [4.78, 5) is 32.2. The predicted molar refractivity (Wildman–Crippen MR) is 105 cm³/mol. The Bertz CT molecular complexity index is 1070. The first-order chi connectivity index (χ1) is 14.6. The molecular formula is C22H19N3O5. The van der Waals surface area contributed by atoms with Crippen molar-refractivity contribution in [2.24, 2.45) is 11.8 Å². The first-order valence-corrected chi connectivity index (χ1v) is 9.89. The van der Waals surface area contributed by atoms with Crippen LogP contribution in [0.1, 0.15) is 5.56 Å². The molecule has 0 aliphatic carbocycles. The third-order valence-electron chi connectivity index (χ3n) is 6.26. The summed E-state index contributed by atoms with van der Waals surface area (Å²) in [6.45, 7) is 0.904. The van der Waals surface area contributed by atoms with Gasteiger partial charge in [-0.15, -0.1) is 0 Å². The van der Waals surface area contributed by atoms with E-state index in [4.69, 9.17) is 14.2 Å². The van der Waals surface area contributed by atoms with E-state index >= 15 is 0 Å². The molecule has 1 aromatic heterocycles. The molecule has 0 radical (unpaired) electrons. The molecule has 2 bridgehead atoms. The number of rotatable bonds is 4. The number of amides is 2. The number of pyridine rings is 1. The largest absolute Gasteiger partial charge is 0.454 e. The summed E-state index contributed by atoms with van der Waals surface area (Å²) in [6, 6.07) is 9.14. The van der Waals surface area contributed by atoms with Crippen LogP contribution in [0.5, 0.6) is 11.5 Å². The van der Waals surface area contributed by atoms with Gasteiger partial charge in [0, 0.05) is 30.7 Å². The molecule has 2 fully saturated rings. The molecule has 2 amide bonds. The van der Waals surface area contributed by atoms with Gasteiger partial charge in [0.2, 0.25) is 18.6 Å². The van der Waals surface area contributed by atoms with Crippen LogP contribution in [0.4, 0.5) is 5.69 Å². The minimum absolute atomic E-state index is 0.109. The molecule has 8 heteroatoms. The van der Waals surface area contributed by atoms with Crippen molar-refractivity contribution in [2.45, 2.75) is 18.2 Å². The summed E-state index contributed by atoms with van der Waals surface area (Å²) in [5, 5.41) is 2.94. The zero-order valence-corrected chi connectivity index (χ0v) is 16.0. The molecule has 152 valence electrons. The first kappa shape index (κ1) is 17.5. The van der Waals surface area contributed by atoms with E-state index < -0.39 is 17.4 Å². The molecule has 1 aromatic carbocycles. The summed E-state index contributed by atoms with van der Waals surface area (Å²) < 4.78 is 17.0. The Morgan fingerprint density at radius 3 is 3.03 bits per heavy atom. The van der Waals surface area contributed by atoms with Crippen LogP contribution >= 0.6 is 0 Å². The monoisotopic (exact) mass is 405 g/mol. The fourth-order valence-electron chi connectivity index (χ4n) is 4.88. The standard InChI is InChI=1S/C22H19N3O5/c26-20(24-10-13-2-1-7-23-9-13)18-16-5-6-22(30-16)11-25(21(27)19(18)22)14-3-4-15-17(8-14)29-12-28-15/h1-9,16,18-19H,10-12H2,(H,24,26)/t16-,18+,19-,22-/m1/s1. The van der Waals surface area contributed by atoms with Crippen molar-refractivity contribution in [2.75, 3.05) is 18.2 Å². The van der Waals surface area contributed by atoms with E-state index in [1.165, 1.54) is 0 Å². The van der Waals surface area contributed by atoms with Crippen molar-refractivity contribution >= 4 is 17.5 Å².